The number of fused-ring (bicyclic) bond motifs is 1. The molecule has 6 fully saturated rings. The van der Waals surface area contributed by atoms with E-state index in [4.69, 9.17) is 14.0 Å². The third-order valence-corrected chi connectivity index (χ3v) is 14.3. The average molecular weight is 748 g/mol. The van der Waals surface area contributed by atoms with E-state index in [9.17, 15) is 19.2 Å². The molecular formula is C41H62BN5O7. The average Bonchev–Trinajstić information content (AvgIpc) is 3.86. The summed E-state index contributed by atoms with van der Waals surface area (Å²) in [5.41, 5.74) is 1.47. The van der Waals surface area contributed by atoms with Crippen molar-refractivity contribution in [1.82, 2.24) is 25.3 Å². The number of urea groups is 1. The van der Waals surface area contributed by atoms with Crippen LogP contribution in [0, 0.1) is 23.2 Å². The van der Waals surface area contributed by atoms with E-state index in [2.05, 4.69) is 31.4 Å². The van der Waals surface area contributed by atoms with Gasteiger partial charge in [-0.15, -0.1) is 0 Å². The summed E-state index contributed by atoms with van der Waals surface area (Å²) in [4.78, 5) is 61.3. The molecule has 8 rings (SSSR count). The van der Waals surface area contributed by atoms with Crippen molar-refractivity contribution in [3.05, 3.63) is 35.4 Å². The first kappa shape index (κ1) is 38.9. The molecule has 54 heavy (non-hydrogen) atoms. The summed E-state index contributed by atoms with van der Waals surface area (Å²) in [5.74, 6) is -0.160. The zero-order valence-corrected chi connectivity index (χ0v) is 33.7. The summed E-state index contributed by atoms with van der Waals surface area (Å²) < 4.78 is 19.4. The standard InChI is InChI=1S/C41H62BN5O7/c1-9-33(42-53-32-20-28-19-31(40(28,5)6)41(32,7)54-42)43-35(48)30-21-29(52-38(51)46-22-26-17-13-14-18-27(26)23-46)24-47(30)36(49)34(25-15-11-10-12-16-25)44-37(50)45(8)39(2,3)4/h13-14,17-18,25,28-34H,9-12,15-16,19-24H2,1-8H3,(H,43,48)(H,44,50)/t28-,29-,30+,31-,32-,33+,34+,41+/m1/s1. The van der Waals surface area contributed by atoms with Crippen molar-refractivity contribution in [2.45, 2.75) is 161 Å². The molecule has 0 unspecified atom stereocenters. The van der Waals surface area contributed by atoms with Gasteiger partial charge >= 0.3 is 19.2 Å². The highest BCUT2D eigenvalue weighted by Gasteiger charge is 2.68. The monoisotopic (exact) mass is 747 g/mol. The third kappa shape index (κ3) is 7.12. The molecule has 4 aliphatic carbocycles. The number of nitrogens with one attached hydrogen (secondary N) is 2. The molecule has 3 heterocycles. The van der Waals surface area contributed by atoms with Crippen molar-refractivity contribution in [3.63, 3.8) is 0 Å². The lowest BCUT2D eigenvalue weighted by molar-refractivity contribution is -0.199. The Balaban J connectivity index is 1.10. The van der Waals surface area contributed by atoms with E-state index in [1.807, 2.05) is 52.0 Å². The van der Waals surface area contributed by atoms with Crippen LogP contribution in [0.2, 0.25) is 0 Å². The molecular weight excluding hydrogens is 685 g/mol. The zero-order chi connectivity index (χ0) is 38.7. The van der Waals surface area contributed by atoms with Gasteiger partial charge in [-0.1, -0.05) is 64.3 Å². The predicted octanol–water partition coefficient (Wildman–Crippen LogP) is 5.66. The zero-order valence-electron chi connectivity index (χ0n) is 33.7. The Kier molecular flexibility index (Phi) is 10.6. The number of nitrogens with zero attached hydrogens (tertiary/aromatic N) is 3. The minimum absolute atomic E-state index is 0.0265. The maximum absolute atomic E-state index is 14.8. The molecule has 1 aromatic carbocycles. The van der Waals surface area contributed by atoms with Crippen molar-refractivity contribution >= 4 is 31.1 Å². The lowest BCUT2D eigenvalue weighted by Crippen LogP contribution is -2.65. The van der Waals surface area contributed by atoms with Crippen LogP contribution >= 0.6 is 0 Å². The molecule has 4 saturated carbocycles. The quantitative estimate of drug-likeness (QED) is 0.329. The number of amides is 5. The van der Waals surface area contributed by atoms with E-state index in [1.165, 1.54) is 0 Å². The molecule has 13 heteroatoms. The lowest BCUT2D eigenvalue weighted by Gasteiger charge is -2.64. The second-order valence-corrected chi connectivity index (χ2v) is 18.8. The molecule has 3 aliphatic heterocycles. The van der Waals surface area contributed by atoms with Crippen LogP contribution in [0.3, 0.4) is 0 Å². The van der Waals surface area contributed by atoms with Gasteiger partial charge < -0.3 is 34.5 Å². The van der Waals surface area contributed by atoms with Crippen LogP contribution in [0.15, 0.2) is 24.3 Å². The van der Waals surface area contributed by atoms with E-state index in [0.717, 1.165) is 56.1 Å². The van der Waals surface area contributed by atoms with Gasteiger partial charge in [-0.3, -0.25) is 14.5 Å². The first-order valence-electron chi connectivity index (χ1n) is 20.5. The van der Waals surface area contributed by atoms with Gasteiger partial charge in [-0.2, -0.15) is 0 Å². The molecule has 2 saturated heterocycles. The summed E-state index contributed by atoms with van der Waals surface area (Å²) in [5, 5.41) is 6.31. The van der Waals surface area contributed by atoms with Crippen LogP contribution in [-0.4, -0.2) is 101 Å². The molecule has 1 aromatic rings. The smallest absolute Gasteiger partial charge is 0.444 e. The summed E-state index contributed by atoms with van der Waals surface area (Å²) in [6, 6.07) is 5.88. The molecule has 0 spiro atoms. The highest BCUT2D eigenvalue weighted by Crippen LogP contribution is 2.65. The molecule has 0 aromatic heterocycles. The van der Waals surface area contributed by atoms with Gasteiger partial charge in [0.1, 0.15) is 18.2 Å². The highest BCUT2D eigenvalue weighted by molar-refractivity contribution is 6.47. The topological polar surface area (TPSA) is 130 Å². The molecule has 0 radical (unpaired) electrons. The van der Waals surface area contributed by atoms with Crippen molar-refractivity contribution in [3.8, 4) is 0 Å². The first-order chi connectivity index (χ1) is 25.5. The molecule has 8 atom stereocenters. The van der Waals surface area contributed by atoms with E-state index in [-0.39, 0.29) is 48.2 Å². The number of hydrogen-bond acceptors (Lipinski definition) is 7. The summed E-state index contributed by atoms with van der Waals surface area (Å²) >= 11 is 0. The van der Waals surface area contributed by atoms with Crippen LogP contribution in [0.1, 0.15) is 117 Å². The normalized spacial score (nSPS) is 31.2. The fourth-order valence-corrected chi connectivity index (χ4v) is 10.3. The Morgan fingerprint density at radius 1 is 1.00 bits per heavy atom. The van der Waals surface area contributed by atoms with Gasteiger partial charge in [0.05, 0.1) is 24.2 Å². The number of hydrogen-bond donors (Lipinski definition) is 2. The number of carbonyl (C=O) groups excluding carboxylic acids is 4. The van der Waals surface area contributed by atoms with Gasteiger partial charge in [0.15, 0.2) is 0 Å². The van der Waals surface area contributed by atoms with Gasteiger partial charge in [-0.05, 0) is 94.1 Å². The number of carbonyl (C=O) groups is 4. The minimum Gasteiger partial charge on any atom is -0.444 e. The second kappa shape index (κ2) is 14.6. The van der Waals surface area contributed by atoms with Crippen LogP contribution in [0.4, 0.5) is 9.59 Å². The Bertz CT molecular complexity index is 1590. The Hall–Kier alpha value is -3.32. The maximum atomic E-state index is 14.8. The summed E-state index contributed by atoms with van der Waals surface area (Å²) in [7, 11) is 1.12. The summed E-state index contributed by atoms with van der Waals surface area (Å²) in [6.45, 7) is 15.6. The van der Waals surface area contributed by atoms with Crippen molar-refractivity contribution in [2.24, 2.45) is 23.2 Å². The summed E-state index contributed by atoms with van der Waals surface area (Å²) in [6.07, 6.45) is 6.25. The van der Waals surface area contributed by atoms with Crippen LogP contribution < -0.4 is 10.6 Å². The molecule has 7 aliphatic rings. The van der Waals surface area contributed by atoms with E-state index >= 15 is 0 Å². The SMILES string of the molecule is CC[C@H](NC(=O)[C@@H]1C[C@@H](OC(=O)N2Cc3ccccc3C2)CN1C(=O)[C@@H](NC(=O)N(C)C(C)(C)C)C1CCCCC1)B1O[C@@H]2C[C@H]3C[C@H](C3(C)C)[C@]2(C)O1. The first-order valence-corrected chi connectivity index (χ1v) is 20.5. The van der Waals surface area contributed by atoms with Gasteiger partial charge in [0, 0.05) is 32.1 Å². The van der Waals surface area contributed by atoms with E-state index < -0.39 is 48.5 Å². The Labute approximate surface area is 321 Å². The van der Waals surface area contributed by atoms with Crippen LogP contribution in [0.5, 0.6) is 0 Å². The molecule has 296 valence electrons. The Morgan fingerprint density at radius 2 is 1.67 bits per heavy atom. The number of ether oxygens (including phenoxy) is 1. The maximum Gasteiger partial charge on any atom is 0.481 e. The number of likely N-dealkylation sites (tertiary alicyclic amines) is 1. The van der Waals surface area contributed by atoms with Gasteiger partial charge in [0.2, 0.25) is 11.8 Å². The van der Waals surface area contributed by atoms with E-state index in [0.29, 0.717) is 31.3 Å². The fraction of sp³-hybridized carbons (Fsp3) is 0.756. The highest BCUT2D eigenvalue weighted by atomic mass is 16.7. The molecule has 5 amide bonds. The Morgan fingerprint density at radius 3 is 2.28 bits per heavy atom. The molecule has 12 nitrogen and oxygen atoms in total. The van der Waals surface area contributed by atoms with Crippen molar-refractivity contribution in [1.29, 1.82) is 0 Å². The lowest BCUT2D eigenvalue weighted by atomic mass is 9.43. The number of rotatable bonds is 8. The van der Waals surface area contributed by atoms with E-state index in [1.54, 1.807) is 21.7 Å². The predicted molar refractivity (Wildman–Crippen MR) is 205 cm³/mol. The van der Waals surface area contributed by atoms with Crippen molar-refractivity contribution in [2.75, 3.05) is 13.6 Å². The minimum atomic E-state index is -0.908. The fourth-order valence-electron chi connectivity index (χ4n) is 10.3. The van der Waals surface area contributed by atoms with Gasteiger partial charge in [0.25, 0.3) is 0 Å². The largest absolute Gasteiger partial charge is 0.481 e. The van der Waals surface area contributed by atoms with Crippen LogP contribution in [-0.2, 0) is 36.7 Å². The molecule has 2 N–H and O–H groups in total. The second-order valence-electron chi connectivity index (χ2n) is 18.8. The van der Waals surface area contributed by atoms with Gasteiger partial charge in [-0.25, -0.2) is 9.59 Å². The number of benzene rings is 1. The van der Waals surface area contributed by atoms with Crippen molar-refractivity contribution < 1.29 is 33.2 Å². The third-order valence-electron chi connectivity index (χ3n) is 14.3. The molecule has 2 bridgehead atoms. The van der Waals surface area contributed by atoms with Crippen LogP contribution in [0.25, 0.3) is 0 Å².